The maximum Gasteiger partial charge on any atom is 0.240 e. The van der Waals surface area contributed by atoms with Gasteiger partial charge in [0.1, 0.15) is 0 Å². The zero-order valence-electron chi connectivity index (χ0n) is 15.1. The number of carbonyl (C=O) groups is 1. The molecule has 0 fully saturated rings. The third-order valence-corrected chi connectivity index (χ3v) is 6.54. The standard InChI is InChI=1S/C17H16ClN5O4S2/c1-11-2-5-13(6-3-11)29(26,27)19-8-9-28-17-20-21-22-23(17)12-4-7-15(18)14(10-12)16(24)25/h2-7,10,19H,8-9H2,1H3,(H,24,25)/p-1. The Bertz CT molecular complexity index is 1130. The van der Waals surface area contributed by atoms with Gasteiger partial charge in [0.05, 0.1) is 16.6 Å². The number of halogens is 1. The summed E-state index contributed by atoms with van der Waals surface area (Å²) in [6, 6.07) is 10.8. The zero-order chi connectivity index (χ0) is 21.0. The van der Waals surface area contributed by atoms with E-state index in [0.29, 0.717) is 16.6 Å². The third kappa shape index (κ3) is 5.12. The molecule has 0 bridgehead atoms. The van der Waals surface area contributed by atoms with Crippen LogP contribution in [0.25, 0.3) is 5.69 Å². The second-order valence-electron chi connectivity index (χ2n) is 5.88. The predicted octanol–water partition coefficient (Wildman–Crippen LogP) is 1.06. The van der Waals surface area contributed by atoms with Crippen molar-refractivity contribution in [1.82, 2.24) is 24.9 Å². The number of carbonyl (C=O) groups excluding carboxylic acids is 1. The molecule has 0 radical (unpaired) electrons. The highest BCUT2D eigenvalue weighted by Crippen LogP contribution is 2.22. The smallest absolute Gasteiger partial charge is 0.240 e. The molecule has 0 aliphatic carbocycles. The minimum atomic E-state index is -3.61. The predicted molar refractivity (Wildman–Crippen MR) is 106 cm³/mol. The van der Waals surface area contributed by atoms with E-state index in [4.69, 9.17) is 11.6 Å². The summed E-state index contributed by atoms with van der Waals surface area (Å²) in [5.74, 6) is -1.06. The molecule has 0 saturated heterocycles. The lowest BCUT2D eigenvalue weighted by atomic mass is 10.2. The number of sulfonamides is 1. The van der Waals surface area contributed by atoms with E-state index in [1.807, 2.05) is 6.92 Å². The van der Waals surface area contributed by atoms with Gasteiger partial charge in [-0.2, -0.15) is 4.68 Å². The minimum Gasteiger partial charge on any atom is -0.545 e. The number of carboxylic acids is 1. The number of aryl methyl sites for hydroxylation is 1. The SMILES string of the molecule is Cc1ccc(S(=O)(=O)NCCSc2nnnn2-c2ccc(Cl)c(C(=O)[O-])c2)cc1. The topological polar surface area (TPSA) is 130 Å². The van der Waals surface area contributed by atoms with Crippen LogP contribution in [0.4, 0.5) is 0 Å². The highest BCUT2D eigenvalue weighted by molar-refractivity contribution is 7.99. The number of aromatic nitrogens is 4. The molecule has 0 aliphatic rings. The second-order valence-corrected chi connectivity index (χ2v) is 9.12. The monoisotopic (exact) mass is 452 g/mol. The summed E-state index contributed by atoms with van der Waals surface area (Å²) in [6.45, 7) is 2.03. The molecule has 0 spiro atoms. The number of carboxylic acid groups (broad SMARTS) is 1. The van der Waals surface area contributed by atoms with Gasteiger partial charge in [-0.25, -0.2) is 13.1 Å². The van der Waals surface area contributed by atoms with Crippen molar-refractivity contribution in [1.29, 1.82) is 0 Å². The van der Waals surface area contributed by atoms with E-state index in [1.54, 1.807) is 30.3 Å². The summed E-state index contributed by atoms with van der Waals surface area (Å²) in [7, 11) is -3.61. The van der Waals surface area contributed by atoms with Gasteiger partial charge in [0.2, 0.25) is 15.2 Å². The molecule has 0 saturated carbocycles. The Kier molecular flexibility index (Phi) is 6.52. The lowest BCUT2D eigenvalue weighted by Gasteiger charge is -2.09. The maximum atomic E-state index is 12.3. The largest absolute Gasteiger partial charge is 0.545 e. The normalized spacial score (nSPS) is 11.5. The van der Waals surface area contributed by atoms with Crippen molar-refractivity contribution in [3.63, 3.8) is 0 Å². The molecule has 29 heavy (non-hydrogen) atoms. The molecular formula is C17H15ClN5O4S2-. The fourth-order valence-electron chi connectivity index (χ4n) is 2.35. The quantitative estimate of drug-likeness (QED) is 0.396. The molecule has 1 aromatic heterocycles. The molecule has 0 unspecified atom stereocenters. The molecule has 12 heteroatoms. The van der Waals surface area contributed by atoms with Gasteiger partial charge < -0.3 is 9.90 Å². The Morgan fingerprint density at radius 3 is 2.66 bits per heavy atom. The van der Waals surface area contributed by atoms with Crippen LogP contribution in [-0.4, -0.2) is 46.9 Å². The molecule has 3 aromatic rings. The van der Waals surface area contributed by atoms with Gasteiger partial charge >= 0.3 is 0 Å². The lowest BCUT2D eigenvalue weighted by Crippen LogP contribution is -2.26. The molecule has 0 atom stereocenters. The van der Waals surface area contributed by atoms with Gasteiger partial charge in [-0.1, -0.05) is 41.1 Å². The number of nitrogens with zero attached hydrogens (tertiary/aromatic N) is 4. The molecule has 1 heterocycles. The molecule has 3 rings (SSSR count). The van der Waals surface area contributed by atoms with Crippen LogP contribution in [0.3, 0.4) is 0 Å². The van der Waals surface area contributed by atoms with Gasteiger partial charge in [0.15, 0.2) is 0 Å². The van der Waals surface area contributed by atoms with E-state index in [-0.39, 0.29) is 22.0 Å². The van der Waals surface area contributed by atoms with E-state index in [2.05, 4.69) is 20.2 Å². The number of benzene rings is 2. The van der Waals surface area contributed by atoms with Gasteiger partial charge in [-0.15, -0.1) is 5.10 Å². The number of thioether (sulfide) groups is 1. The van der Waals surface area contributed by atoms with Crippen molar-refractivity contribution in [2.45, 2.75) is 17.0 Å². The molecule has 0 aliphatic heterocycles. The lowest BCUT2D eigenvalue weighted by molar-refractivity contribution is -0.255. The van der Waals surface area contributed by atoms with Crippen LogP contribution in [0.15, 0.2) is 52.5 Å². The van der Waals surface area contributed by atoms with Crippen molar-refractivity contribution in [2.24, 2.45) is 0 Å². The van der Waals surface area contributed by atoms with E-state index in [0.717, 1.165) is 5.56 Å². The van der Waals surface area contributed by atoms with Crippen LogP contribution in [0.1, 0.15) is 15.9 Å². The molecule has 1 N–H and O–H groups in total. The average molecular weight is 453 g/mol. The second kappa shape index (κ2) is 8.91. The van der Waals surface area contributed by atoms with Gasteiger partial charge in [0, 0.05) is 22.9 Å². The van der Waals surface area contributed by atoms with E-state index < -0.39 is 16.0 Å². The first-order chi connectivity index (χ1) is 13.8. The van der Waals surface area contributed by atoms with Gasteiger partial charge in [-0.3, -0.25) is 0 Å². The number of rotatable bonds is 8. The summed E-state index contributed by atoms with van der Waals surface area (Å²) in [6.07, 6.45) is 0. The van der Waals surface area contributed by atoms with Crippen molar-refractivity contribution >= 4 is 39.4 Å². The fourth-order valence-corrected chi connectivity index (χ4v) is 4.45. The maximum absolute atomic E-state index is 12.3. The van der Waals surface area contributed by atoms with Crippen LogP contribution in [0.2, 0.25) is 5.02 Å². The Balaban J connectivity index is 1.65. The fraction of sp³-hybridized carbons (Fsp3) is 0.176. The summed E-state index contributed by atoms with van der Waals surface area (Å²) in [5.41, 5.74) is 1.18. The highest BCUT2D eigenvalue weighted by atomic mass is 35.5. The van der Waals surface area contributed by atoms with E-state index in [1.165, 1.54) is 28.6 Å². The van der Waals surface area contributed by atoms with Crippen molar-refractivity contribution in [3.05, 3.63) is 58.6 Å². The first-order valence-electron chi connectivity index (χ1n) is 8.27. The highest BCUT2D eigenvalue weighted by Gasteiger charge is 2.15. The van der Waals surface area contributed by atoms with E-state index in [9.17, 15) is 18.3 Å². The number of hydrogen-bond donors (Lipinski definition) is 1. The first-order valence-corrected chi connectivity index (χ1v) is 11.1. The van der Waals surface area contributed by atoms with E-state index >= 15 is 0 Å². The third-order valence-electron chi connectivity index (χ3n) is 3.81. The van der Waals surface area contributed by atoms with Crippen LogP contribution in [-0.2, 0) is 10.0 Å². The Hall–Kier alpha value is -2.47. The summed E-state index contributed by atoms with van der Waals surface area (Å²) in [4.78, 5) is 11.3. The van der Waals surface area contributed by atoms with Crippen LogP contribution < -0.4 is 9.83 Å². The van der Waals surface area contributed by atoms with Crippen molar-refractivity contribution in [2.75, 3.05) is 12.3 Å². The number of hydrogen-bond acceptors (Lipinski definition) is 8. The number of tetrazole rings is 1. The number of nitrogens with one attached hydrogen (secondary N) is 1. The zero-order valence-corrected chi connectivity index (χ0v) is 17.5. The molecule has 9 nitrogen and oxygen atoms in total. The minimum absolute atomic E-state index is 0.0431. The Morgan fingerprint density at radius 2 is 1.97 bits per heavy atom. The summed E-state index contributed by atoms with van der Waals surface area (Å²) in [5, 5.41) is 22.9. The molecule has 2 aromatic carbocycles. The summed E-state index contributed by atoms with van der Waals surface area (Å²) >= 11 is 7.05. The van der Waals surface area contributed by atoms with Gasteiger partial charge in [-0.05, 0) is 47.7 Å². The van der Waals surface area contributed by atoms with Crippen LogP contribution in [0, 0.1) is 6.92 Å². The molecule has 0 amide bonds. The first kappa shape index (κ1) is 21.2. The Morgan fingerprint density at radius 1 is 1.24 bits per heavy atom. The van der Waals surface area contributed by atoms with Crippen LogP contribution in [0.5, 0.6) is 0 Å². The van der Waals surface area contributed by atoms with Crippen molar-refractivity contribution in [3.8, 4) is 5.69 Å². The van der Waals surface area contributed by atoms with Gasteiger partial charge in [0.25, 0.3) is 0 Å². The van der Waals surface area contributed by atoms with Crippen molar-refractivity contribution < 1.29 is 18.3 Å². The number of aromatic carboxylic acids is 1. The summed E-state index contributed by atoms with van der Waals surface area (Å²) < 4.78 is 28.4. The van der Waals surface area contributed by atoms with Crippen LogP contribution >= 0.6 is 23.4 Å². The molecule has 152 valence electrons. The molecular weight excluding hydrogens is 438 g/mol. The average Bonchev–Trinajstić information content (AvgIpc) is 3.14. The Labute approximate surface area is 176 Å².